The molecule has 2 aromatic heterocycles. The minimum Gasteiger partial charge on any atom is -0.377 e. The number of pyridine rings is 1. The Morgan fingerprint density at radius 3 is 3.10 bits per heavy atom. The molecule has 1 aliphatic carbocycles. The number of aromatic amines is 1. The van der Waals surface area contributed by atoms with Crippen LogP contribution in [-0.4, -0.2) is 56.5 Å². The van der Waals surface area contributed by atoms with Gasteiger partial charge >= 0.3 is 0 Å². The zero-order chi connectivity index (χ0) is 13.6. The van der Waals surface area contributed by atoms with Gasteiger partial charge in [0.25, 0.3) is 5.91 Å². The largest absolute Gasteiger partial charge is 0.377 e. The van der Waals surface area contributed by atoms with Gasteiger partial charge in [0.1, 0.15) is 5.52 Å². The molecule has 0 bridgehead atoms. The van der Waals surface area contributed by atoms with Gasteiger partial charge in [0, 0.05) is 12.7 Å². The van der Waals surface area contributed by atoms with Crippen LogP contribution in [0.3, 0.4) is 0 Å². The summed E-state index contributed by atoms with van der Waals surface area (Å²) in [5.74, 6) is 0.00861. The molecule has 7 heteroatoms. The fraction of sp³-hybridized carbons (Fsp3) is 0.538. The van der Waals surface area contributed by atoms with E-state index >= 15 is 0 Å². The van der Waals surface area contributed by atoms with Crippen LogP contribution in [0.1, 0.15) is 29.6 Å². The van der Waals surface area contributed by atoms with Crippen LogP contribution in [-0.2, 0) is 4.74 Å². The smallest absolute Gasteiger partial charge is 0.256 e. The Balaban J connectivity index is 1.74. The van der Waals surface area contributed by atoms with Gasteiger partial charge in [-0.05, 0) is 25.3 Å². The summed E-state index contributed by atoms with van der Waals surface area (Å²) in [5.41, 5.74) is 1.48. The van der Waals surface area contributed by atoms with E-state index in [9.17, 15) is 4.79 Å². The molecule has 2 aromatic rings. The Morgan fingerprint density at radius 1 is 1.40 bits per heavy atom. The number of hydrogen-bond acceptors (Lipinski definition) is 5. The molecule has 1 aliphatic heterocycles. The molecule has 1 N–H and O–H groups in total. The fourth-order valence-electron chi connectivity index (χ4n) is 3.12. The summed E-state index contributed by atoms with van der Waals surface area (Å²) in [5, 5.41) is 10.5. The number of amides is 1. The van der Waals surface area contributed by atoms with Crippen LogP contribution in [0.4, 0.5) is 0 Å². The fourth-order valence-corrected chi connectivity index (χ4v) is 3.12. The summed E-state index contributed by atoms with van der Waals surface area (Å²) in [6.07, 6.45) is 4.80. The Bertz CT molecular complexity index is 664. The summed E-state index contributed by atoms with van der Waals surface area (Å²) in [6, 6.07) is 1.72. The molecule has 1 saturated carbocycles. The Hall–Kier alpha value is -2.02. The number of aromatic nitrogens is 4. The monoisotopic (exact) mass is 273 g/mol. The van der Waals surface area contributed by atoms with E-state index in [-0.39, 0.29) is 11.4 Å². The van der Waals surface area contributed by atoms with Gasteiger partial charge < -0.3 is 9.64 Å². The molecule has 104 valence electrons. The highest BCUT2D eigenvalue weighted by Crippen LogP contribution is 2.40. The molecule has 7 nitrogen and oxygen atoms in total. The maximum absolute atomic E-state index is 12.9. The normalized spacial score (nSPS) is 21.1. The number of carbonyl (C=O) groups is 1. The third kappa shape index (κ3) is 1.56. The molecule has 2 fully saturated rings. The maximum atomic E-state index is 12.9. The van der Waals surface area contributed by atoms with Gasteiger partial charge in [-0.3, -0.25) is 4.79 Å². The quantitative estimate of drug-likeness (QED) is 0.828. The van der Waals surface area contributed by atoms with Crippen LogP contribution in [0.25, 0.3) is 11.2 Å². The van der Waals surface area contributed by atoms with E-state index in [0.29, 0.717) is 36.5 Å². The van der Waals surface area contributed by atoms with E-state index in [2.05, 4.69) is 20.4 Å². The number of carbonyl (C=O) groups excluding carboxylic acids is 1. The van der Waals surface area contributed by atoms with E-state index < -0.39 is 0 Å². The molecule has 0 aromatic carbocycles. The lowest BCUT2D eigenvalue weighted by molar-refractivity contribution is -0.0876. The first-order valence-electron chi connectivity index (χ1n) is 6.85. The van der Waals surface area contributed by atoms with Gasteiger partial charge in [-0.2, -0.15) is 10.3 Å². The van der Waals surface area contributed by atoms with E-state index in [1.165, 1.54) is 0 Å². The van der Waals surface area contributed by atoms with Crippen molar-refractivity contribution < 1.29 is 9.53 Å². The first kappa shape index (κ1) is 11.8. The molecular formula is C13H15N5O2. The van der Waals surface area contributed by atoms with Gasteiger partial charge in [-0.25, -0.2) is 4.98 Å². The molecule has 3 heterocycles. The SMILES string of the molecule is O=C(c1ccnc2n[nH]nc12)N1CCOCC12CCC2. The highest BCUT2D eigenvalue weighted by molar-refractivity contribution is 6.04. The van der Waals surface area contributed by atoms with Gasteiger partial charge in [-0.15, -0.1) is 5.10 Å². The summed E-state index contributed by atoms with van der Waals surface area (Å²) in [4.78, 5) is 18.9. The van der Waals surface area contributed by atoms with Crippen LogP contribution in [0, 0.1) is 0 Å². The average molecular weight is 273 g/mol. The predicted octanol–water partition coefficient (Wildman–Crippen LogP) is 0.748. The second-order valence-corrected chi connectivity index (χ2v) is 5.44. The van der Waals surface area contributed by atoms with Crippen molar-refractivity contribution in [2.45, 2.75) is 24.8 Å². The summed E-state index contributed by atoms with van der Waals surface area (Å²) in [6.45, 7) is 1.88. The molecule has 0 radical (unpaired) electrons. The van der Waals surface area contributed by atoms with E-state index in [1.807, 2.05) is 4.90 Å². The minimum atomic E-state index is -0.103. The third-order valence-electron chi connectivity index (χ3n) is 4.39. The van der Waals surface area contributed by atoms with Crippen molar-refractivity contribution in [3.63, 3.8) is 0 Å². The van der Waals surface area contributed by atoms with E-state index in [1.54, 1.807) is 12.3 Å². The van der Waals surface area contributed by atoms with Gasteiger partial charge in [-0.1, -0.05) is 0 Å². The van der Waals surface area contributed by atoms with Crippen molar-refractivity contribution in [2.24, 2.45) is 0 Å². The molecule has 0 atom stereocenters. The van der Waals surface area contributed by atoms with E-state index in [0.717, 1.165) is 19.3 Å². The Morgan fingerprint density at radius 2 is 2.30 bits per heavy atom. The predicted molar refractivity (Wildman–Crippen MR) is 70.1 cm³/mol. The Labute approximate surface area is 115 Å². The van der Waals surface area contributed by atoms with Crippen molar-refractivity contribution >= 4 is 17.1 Å². The van der Waals surface area contributed by atoms with Crippen LogP contribution < -0.4 is 0 Å². The number of fused-ring (bicyclic) bond motifs is 1. The van der Waals surface area contributed by atoms with Crippen LogP contribution in [0.2, 0.25) is 0 Å². The van der Waals surface area contributed by atoms with Gasteiger partial charge in [0.05, 0.1) is 24.3 Å². The van der Waals surface area contributed by atoms with E-state index in [4.69, 9.17) is 4.74 Å². The minimum absolute atomic E-state index is 0.00861. The Kier molecular flexibility index (Phi) is 2.50. The number of ether oxygens (including phenoxy) is 1. The molecule has 4 rings (SSSR count). The molecular weight excluding hydrogens is 258 g/mol. The summed E-state index contributed by atoms with van der Waals surface area (Å²) < 4.78 is 5.58. The third-order valence-corrected chi connectivity index (χ3v) is 4.39. The van der Waals surface area contributed by atoms with Gasteiger partial charge in [0.15, 0.2) is 0 Å². The van der Waals surface area contributed by atoms with Crippen molar-refractivity contribution in [1.29, 1.82) is 0 Å². The van der Waals surface area contributed by atoms with Crippen LogP contribution in [0.15, 0.2) is 12.3 Å². The molecule has 2 aliphatic rings. The first-order chi connectivity index (χ1) is 9.80. The number of nitrogens with one attached hydrogen (secondary N) is 1. The molecule has 1 amide bonds. The maximum Gasteiger partial charge on any atom is 0.256 e. The average Bonchev–Trinajstić information content (AvgIpc) is 2.93. The van der Waals surface area contributed by atoms with Crippen LogP contribution in [0.5, 0.6) is 0 Å². The highest BCUT2D eigenvalue weighted by atomic mass is 16.5. The standard InChI is InChI=1S/C13H15N5O2/c19-12(9-2-5-14-11-10(9)15-17-16-11)18-6-7-20-8-13(18)3-1-4-13/h2,5H,1,3-4,6-8H2,(H,14,15,16,17). The highest BCUT2D eigenvalue weighted by Gasteiger charge is 2.47. The van der Waals surface area contributed by atoms with Crippen molar-refractivity contribution in [2.75, 3.05) is 19.8 Å². The zero-order valence-corrected chi connectivity index (χ0v) is 11.0. The summed E-state index contributed by atoms with van der Waals surface area (Å²) >= 11 is 0. The number of H-pyrrole nitrogens is 1. The molecule has 1 saturated heterocycles. The topological polar surface area (TPSA) is 84.0 Å². The van der Waals surface area contributed by atoms with Crippen LogP contribution >= 0.6 is 0 Å². The van der Waals surface area contributed by atoms with Gasteiger partial charge in [0.2, 0.25) is 5.65 Å². The number of morpholine rings is 1. The molecule has 0 unspecified atom stereocenters. The molecule has 1 spiro atoms. The van der Waals surface area contributed by atoms with Crippen molar-refractivity contribution in [3.05, 3.63) is 17.8 Å². The second-order valence-electron chi connectivity index (χ2n) is 5.44. The second kappa shape index (κ2) is 4.24. The lowest BCUT2D eigenvalue weighted by Gasteiger charge is -2.52. The lowest BCUT2D eigenvalue weighted by atomic mass is 9.75. The number of rotatable bonds is 1. The number of nitrogens with zero attached hydrogens (tertiary/aromatic N) is 4. The zero-order valence-electron chi connectivity index (χ0n) is 11.0. The van der Waals surface area contributed by atoms with Crippen molar-refractivity contribution in [1.82, 2.24) is 25.3 Å². The first-order valence-corrected chi connectivity index (χ1v) is 6.85. The molecule has 20 heavy (non-hydrogen) atoms. The number of hydrogen-bond donors (Lipinski definition) is 1. The lowest BCUT2D eigenvalue weighted by Crippen LogP contribution is -2.62. The summed E-state index contributed by atoms with van der Waals surface area (Å²) in [7, 11) is 0. The van der Waals surface area contributed by atoms with Crippen molar-refractivity contribution in [3.8, 4) is 0 Å².